The van der Waals surface area contributed by atoms with Crippen molar-refractivity contribution in [3.8, 4) is 11.5 Å². The third-order valence-electron chi connectivity index (χ3n) is 3.89. The fraction of sp³-hybridized carbons (Fsp3) is 0.294. The molecule has 0 radical (unpaired) electrons. The molecule has 2 aromatic rings. The Morgan fingerprint density at radius 2 is 1.58 bits per heavy atom. The molecule has 1 aliphatic rings. The van der Waals surface area contributed by atoms with E-state index < -0.39 is 0 Å². The summed E-state index contributed by atoms with van der Waals surface area (Å²) in [6.45, 7) is 9.22. The van der Waals surface area contributed by atoms with Gasteiger partial charge in [0.1, 0.15) is 11.5 Å². The van der Waals surface area contributed by atoms with E-state index in [1.54, 1.807) is 0 Å². The lowest BCUT2D eigenvalue weighted by atomic mass is 9.76. The average molecular weight is 270 g/mol. The minimum absolute atomic E-state index is 0.00731. The number of hydrogen-bond donors (Lipinski definition) is 0. The molecule has 0 bridgehead atoms. The van der Waals surface area contributed by atoms with E-state index in [2.05, 4.69) is 63.6 Å². The zero-order valence-corrected chi connectivity index (χ0v) is 12.8. The average Bonchev–Trinajstić information content (AvgIpc) is 2.38. The summed E-state index contributed by atoms with van der Waals surface area (Å²) in [4.78, 5) is 0. The zero-order valence-electron chi connectivity index (χ0n) is 11.9. The highest BCUT2D eigenvalue weighted by Crippen LogP contribution is 2.48. The molecule has 0 fully saturated rings. The summed E-state index contributed by atoms with van der Waals surface area (Å²) in [5, 5.41) is 1.45. The van der Waals surface area contributed by atoms with Gasteiger partial charge in [-0.05, 0) is 30.8 Å². The van der Waals surface area contributed by atoms with Crippen LogP contribution in [0.4, 0.5) is 0 Å². The summed E-state index contributed by atoms with van der Waals surface area (Å²) >= 11 is 0. The molecule has 0 atom stereocenters. The molecule has 19 heavy (non-hydrogen) atoms. The first-order valence-electron chi connectivity index (χ1n) is 6.60. The second kappa shape index (κ2) is 4.35. The van der Waals surface area contributed by atoms with Crippen LogP contribution < -0.4 is 10.0 Å². The molecule has 0 amide bonds. The highest BCUT2D eigenvalue weighted by atomic mass is 31.1. The lowest BCUT2D eigenvalue weighted by molar-refractivity contribution is 0.420. The summed E-state index contributed by atoms with van der Waals surface area (Å²) in [6.07, 6.45) is 0. The molecular weight excluding hydrogens is 251 g/mol. The molecule has 0 saturated carbocycles. The van der Waals surface area contributed by atoms with Gasteiger partial charge in [0.25, 0.3) is 0 Å². The summed E-state index contributed by atoms with van der Waals surface area (Å²) < 4.78 is 6.11. The van der Waals surface area contributed by atoms with Crippen LogP contribution in [0.25, 0.3) is 0 Å². The Morgan fingerprint density at radius 1 is 0.895 bits per heavy atom. The van der Waals surface area contributed by atoms with Gasteiger partial charge in [0.15, 0.2) is 0 Å². The van der Waals surface area contributed by atoms with Crippen molar-refractivity contribution in [2.75, 3.05) is 13.3 Å². The fourth-order valence-electron chi connectivity index (χ4n) is 2.93. The molecule has 0 aliphatic carbocycles. The van der Waals surface area contributed by atoms with Crippen LogP contribution in [0, 0.1) is 0 Å². The summed E-state index contributed by atoms with van der Waals surface area (Å²) in [6, 6.07) is 14.8. The van der Waals surface area contributed by atoms with Crippen molar-refractivity contribution in [1.29, 1.82) is 0 Å². The van der Waals surface area contributed by atoms with E-state index in [1.165, 1.54) is 16.4 Å². The maximum Gasteiger partial charge on any atom is 0.132 e. The summed E-state index contributed by atoms with van der Waals surface area (Å²) in [7, 11) is -0.138. The molecule has 0 unspecified atom stereocenters. The fourth-order valence-corrected chi connectivity index (χ4v) is 4.15. The minimum Gasteiger partial charge on any atom is -0.457 e. The lowest BCUT2D eigenvalue weighted by Gasteiger charge is -2.36. The van der Waals surface area contributed by atoms with Gasteiger partial charge in [0, 0.05) is 16.5 Å². The number of rotatable bonds is 1. The van der Waals surface area contributed by atoms with Crippen molar-refractivity contribution in [1.82, 2.24) is 0 Å². The van der Waals surface area contributed by atoms with E-state index in [-0.39, 0.29) is 13.3 Å². The Balaban J connectivity index is 2.29. The first kappa shape index (κ1) is 12.7. The van der Waals surface area contributed by atoms with Crippen molar-refractivity contribution in [2.45, 2.75) is 19.3 Å². The Labute approximate surface area is 116 Å². The molecular formula is C17H19OP. The number of para-hydroxylation sites is 1. The number of ether oxygens (including phenoxy) is 1. The monoisotopic (exact) mass is 270 g/mol. The first-order chi connectivity index (χ1) is 9.01. The molecule has 0 spiro atoms. The number of benzene rings is 2. The van der Waals surface area contributed by atoms with Crippen molar-refractivity contribution >= 4 is 13.2 Å². The Kier molecular flexibility index (Phi) is 2.91. The minimum atomic E-state index is -0.138. The van der Waals surface area contributed by atoms with Gasteiger partial charge in [-0.15, -0.1) is 0 Å². The first-order valence-corrected chi connectivity index (χ1v) is 8.83. The topological polar surface area (TPSA) is 9.23 Å². The Hall–Kier alpha value is -1.33. The SMILES string of the molecule is CP(C)c1cccc2c1C(C)(C)c1ccccc1O2. The van der Waals surface area contributed by atoms with Crippen molar-refractivity contribution in [2.24, 2.45) is 0 Å². The van der Waals surface area contributed by atoms with E-state index in [4.69, 9.17) is 4.74 Å². The van der Waals surface area contributed by atoms with E-state index in [9.17, 15) is 0 Å². The van der Waals surface area contributed by atoms with Crippen molar-refractivity contribution < 1.29 is 4.74 Å². The number of hydrogen-bond acceptors (Lipinski definition) is 1. The quantitative estimate of drug-likeness (QED) is 0.694. The van der Waals surface area contributed by atoms with Gasteiger partial charge in [-0.2, -0.15) is 0 Å². The van der Waals surface area contributed by atoms with Gasteiger partial charge in [0.2, 0.25) is 0 Å². The molecule has 0 saturated heterocycles. The zero-order chi connectivity index (χ0) is 13.6. The van der Waals surface area contributed by atoms with Crippen LogP contribution in [0.15, 0.2) is 42.5 Å². The van der Waals surface area contributed by atoms with Crippen LogP contribution in [0.3, 0.4) is 0 Å². The van der Waals surface area contributed by atoms with E-state index in [1.807, 2.05) is 6.07 Å². The molecule has 1 aliphatic heterocycles. The maximum absolute atomic E-state index is 6.11. The highest BCUT2D eigenvalue weighted by molar-refractivity contribution is 7.64. The van der Waals surface area contributed by atoms with E-state index in [0.717, 1.165) is 11.5 Å². The van der Waals surface area contributed by atoms with Crippen molar-refractivity contribution in [3.05, 3.63) is 53.6 Å². The van der Waals surface area contributed by atoms with Gasteiger partial charge in [-0.1, -0.05) is 52.1 Å². The smallest absolute Gasteiger partial charge is 0.132 e. The molecule has 98 valence electrons. The van der Waals surface area contributed by atoms with Crippen LogP contribution in [0.5, 0.6) is 11.5 Å². The van der Waals surface area contributed by atoms with E-state index in [0.29, 0.717) is 0 Å². The van der Waals surface area contributed by atoms with Crippen LogP contribution in [0.2, 0.25) is 0 Å². The largest absolute Gasteiger partial charge is 0.457 e. The Morgan fingerprint density at radius 3 is 2.32 bits per heavy atom. The molecule has 0 aromatic heterocycles. The van der Waals surface area contributed by atoms with Crippen molar-refractivity contribution in [3.63, 3.8) is 0 Å². The second-order valence-corrected chi connectivity index (χ2v) is 8.04. The molecule has 0 N–H and O–H groups in total. The predicted octanol–water partition coefficient (Wildman–Crippen LogP) is 4.49. The Bertz CT molecular complexity index is 629. The van der Waals surface area contributed by atoms with Gasteiger partial charge in [-0.25, -0.2) is 0 Å². The van der Waals surface area contributed by atoms with Gasteiger partial charge in [-0.3, -0.25) is 0 Å². The second-order valence-electron chi connectivity index (χ2n) is 5.77. The normalized spacial score (nSPS) is 15.6. The predicted molar refractivity (Wildman–Crippen MR) is 83.5 cm³/mol. The van der Waals surface area contributed by atoms with Crippen LogP contribution in [-0.4, -0.2) is 13.3 Å². The maximum atomic E-state index is 6.11. The summed E-state index contributed by atoms with van der Waals surface area (Å²) in [5.74, 6) is 2.02. The third kappa shape index (κ3) is 1.88. The van der Waals surface area contributed by atoms with Gasteiger partial charge < -0.3 is 4.74 Å². The standard InChI is InChI=1S/C17H19OP/c1-17(2)12-8-5-6-9-13(12)18-14-10-7-11-15(16(14)17)19(3)4/h5-11H,1-4H3. The highest BCUT2D eigenvalue weighted by Gasteiger charge is 2.36. The van der Waals surface area contributed by atoms with Gasteiger partial charge in [0.05, 0.1) is 0 Å². The van der Waals surface area contributed by atoms with Crippen LogP contribution in [-0.2, 0) is 5.41 Å². The molecule has 2 heteroatoms. The number of fused-ring (bicyclic) bond motifs is 2. The lowest BCUT2D eigenvalue weighted by Crippen LogP contribution is -2.30. The third-order valence-corrected chi connectivity index (χ3v) is 5.23. The molecule has 1 heterocycles. The van der Waals surface area contributed by atoms with Crippen LogP contribution in [0.1, 0.15) is 25.0 Å². The van der Waals surface area contributed by atoms with Gasteiger partial charge >= 0.3 is 0 Å². The van der Waals surface area contributed by atoms with Crippen LogP contribution >= 0.6 is 7.92 Å². The van der Waals surface area contributed by atoms with E-state index >= 15 is 0 Å². The molecule has 3 rings (SSSR count). The summed E-state index contributed by atoms with van der Waals surface area (Å²) in [5.41, 5.74) is 2.66. The molecule has 1 nitrogen and oxygen atoms in total. The molecule has 2 aromatic carbocycles.